The number of nitrogens with one attached hydrogen (secondary N) is 1. The number of imidazole rings is 1. The van der Waals surface area contributed by atoms with Gasteiger partial charge in [-0.3, -0.25) is 0 Å². The van der Waals surface area contributed by atoms with Gasteiger partial charge in [-0.1, -0.05) is 12.1 Å². The van der Waals surface area contributed by atoms with Crippen LogP contribution in [0.2, 0.25) is 0 Å². The van der Waals surface area contributed by atoms with Crippen molar-refractivity contribution in [1.29, 1.82) is 0 Å². The standard InChI is InChI=1S/C19H13N3O3/c23-19(24)14-4-3-5-15-17(14)22-18(21-15)12-7-9-13(10-8-12)25-16-6-1-2-11-20-16/h1-11H,(H,21,22)(H,23,24). The highest BCUT2D eigenvalue weighted by Crippen LogP contribution is 2.26. The van der Waals surface area contributed by atoms with E-state index in [-0.39, 0.29) is 5.56 Å². The molecule has 4 aromatic rings. The molecule has 0 fully saturated rings. The van der Waals surface area contributed by atoms with Crippen molar-refractivity contribution in [2.75, 3.05) is 0 Å². The highest BCUT2D eigenvalue weighted by Gasteiger charge is 2.13. The number of aromatic nitrogens is 3. The average Bonchev–Trinajstić information content (AvgIpc) is 3.07. The number of H-pyrrole nitrogens is 1. The van der Waals surface area contributed by atoms with E-state index in [4.69, 9.17) is 4.74 Å². The van der Waals surface area contributed by atoms with Gasteiger partial charge in [0.2, 0.25) is 5.88 Å². The number of aromatic amines is 1. The lowest BCUT2D eigenvalue weighted by Crippen LogP contribution is -1.96. The van der Waals surface area contributed by atoms with Crippen LogP contribution in [0.25, 0.3) is 22.4 Å². The molecule has 6 heteroatoms. The maximum absolute atomic E-state index is 11.3. The van der Waals surface area contributed by atoms with E-state index in [1.54, 1.807) is 30.5 Å². The molecule has 6 nitrogen and oxygen atoms in total. The molecule has 0 saturated heterocycles. The van der Waals surface area contributed by atoms with E-state index in [1.807, 2.05) is 36.4 Å². The Morgan fingerprint density at radius 2 is 1.84 bits per heavy atom. The van der Waals surface area contributed by atoms with Crippen LogP contribution in [0, 0.1) is 0 Å². The van der Waals surface area contributed by atoms with Gasteiger partial charge >= 0.3 is 5.97 Å². The summed E-state index contributed by atoms with van der Waals surface area (Å²) in [7, 11) is 0. The van der Waals surface area contributed by atoms with E-state index in [0.29, 0.717) is 28.5 Å². The fraction of sp³-hybridized carbons (Fsp3) is 0. The van der Waals surface area contributed by atoms with E-state index in [0.717, 1.165) is 5.56 Å². The number of ether oxygens (including phenoxy) is 1. The Balaban J connectivity index is 1.65. The summed E-state index contributed by atoms with van der Waals surface area (Å²) in [5, 5.41) is 9.26. The molecule has 0 bridgehead atoms. The lowest BCUT2D eigenvalue weighted by Gasteiger charge is -2.04. The Bertz CT molecular complexity index is 1040. The van der Waals surface area contributed by atoms with Crippen molar-refractivity contribution in [2.24, 2.45) is 0 Å². The molecule has 0 radical (unpaired) electrons. The number of benzene rings is 2. The quantitative estimate of drug-likeness (QED) is 0.587. The molecule has 0 spiro atoms. The van der Waals surface area contributed by atoms with Crippen LogP contribution in [0.15, 0.2) is 66.9 Å². The number of carbonyl (C=O) groups is 1. The maximum atomic E-state index is 11.3. The van der Waals surface area contributed by atoms with E-state index in [9.17, 15) is 9.90 Å². The summed E-state index contributed by atoms with van der Waals surface area (Å²) in [5.74, 6) is 0.783. The summed E-state index contributed by atoms with van der Waals surface area (Å²) < 4.78 is 5.66. The molecule has 0 aliphatic carbocycles. The monoisotopic (exact) mass is 331 g/mol. The highest BCUT2D eigenvalue weighted by atomic mass is 16.5. The molecule has 0 aliphatic rings. The van der Waals surface area contributed by atoms with Gasteiger partial charge in [0.05, 0.1) is 11.1 Å². The fourth-order valence-electron chi connectivity index (χ4n) is 2.55. The fourth-order valence-corrected chi connectivity index (χ4v) is 2.55. The minimum atomic E-state index is -0.997. The number of aromatic carboxylic acids is 1. The van der Waals surface area contributed by atoms with E-state index < -0.39 is 5.97 Å². The van der Waals surface area contributed by atoms with Crippen molar-refractivity contribution in [1.82, 2.24) is 15.0 Å². The Kier molecular flexibility index (Phi) is 3.63. The maximum Gasteiger partial charge on any atom is 0.337 e. The molecular formula is C19H13N3O3. The largest absolute Gasteiger partial charge is 0.478 e. The number of nitrogens with zero attached hydrogens (tertiary/aromatic N) is 2. The molecule has 2 heterocycles. The zero-order valence-electron chi connectivity index (χ0n) is 13.0. The number of fused-ring (bicyclic) bond motifs is 1. The van der Waals surface area contributed by atoms with Gasteiger partial charge in [-0.15, -0.1) is 0 Å². The molecule has 0 unspecified atom stereocenters. The molecule has 0 atom stereocenters. The highest BCUT2D eigenvalue weighted by molar-refractivity contribution is 6.01. The van der Waals surface area contributed by atoms with Gasteiger partial charge < -0.3 is 14.8 Å². The topological polar surface area (TPSA) is 88.1 Å². The second-order valence-corrected chi connectivity index (χ2v) is 5.39. The van der Waals surface area contributed by atoms with Crippen LogP contribution >= 0.6 is 0 Å². The first-order valence-electron chi connectivity index (χ1n) is 7.62. The molecule has 2 aromatic heterocycles. The van der Waals surface area contributed by atoms with E-state index in [2.05, 4.69) is 15.0 Å². The summed E-state index contributed by atoms with van der Waals surface area (Å²) in [4.78, 5) is 23.0. The number of pyridine rings is 1. The number of carboxylic acids is 1. The first-order chi connectivity index (χ1) is 12.2. The molecular weight excluding hydrogens is 318 g/mol. The van der Waals surface area contributed by atoms with Gasteiger partial charge in [-0.2, -0.15) is 0 Å². The van der Waals surface area contributed by atoms with Crippen LogP contribution < -0.4 is 4.74 Å². The van der Waals surface area contributed by atoms with Crippen LogP contribution in [0.5, 0.6) is 11.6 Å². The van der Waals surface area contributed by atoms with Crippen LogP contribution in [0.4, 0.5) is 0 Å². The van der Waals surface area contributed by atoms with Crippen molar-refractivity contribution in [3.63, 3.8) is 0 Å². The summed E-state index contributed by atoms with van der Waals surface area (Å²) >= 11 is 0. The number of carboxylic acid groups (broad SMARTS) is 1. The van der Waals surface area contributed by atoms with Gasteiger partial charge in [0.1, 0.15) is 17.1 Å². The first kappa shape index (κ1) is 14.9. The number of para-hydroxylation sites is 1. The predicted octanol–water partition coefficient (Wildman–Crippen LogP) is 4.12. The van der Waals surface area contributed by atoms with Crippen LogP contribution in [-0.2, 0) is 0 Å². The third kappa shape index (κ3) is 2.92. The SMILES string of the molecule is O=C(O)c1cccc2[nH]c(-c3ccc(Oc4ccccn4)cc3)nc12. The van der Waals surface area contributed by atoms with Gasteiger partial charge in [-0.05, 0) is 42.5 Å². The van der Waals surface area contributed by atoms with Crippen molar-refractivity contribution < 1.29 is 14.6 Å². The minimum Gasteiger partial charge on any atom is -0.478 e. The molecule has 25 heavy (non-hydrogen) atoms. The number of hydrogen-bond donors (Lipinski definition) is 2. The third-order valence-electron chi connectivity index (χ3n) is 3.73. The summed E-state index contributed by atoms with van der Waals surface area (Å²) in [6.45, 7) is 0. The Morgan fingerprint density at radius 3 is 2.56 bits per heavy atom. The molecule has 0 amide bonds. The summed E-state index contributed by atoms with van der Waals surface area (Å²) in [6.07, 6.45) is 1.66. The normalized spacial score (nSPS) is 10.7. The first-order valence-corrected chi connectivity index (χ1v) is 7.62. The Morgan fingerprint density at radius 1 is 1.00 bits per heavy atom. The summed E-state index contributed by atoms with van der Waals surface area (Å²) in [5.41, 5.74) is 2.14. The molecule has 0 saturated carbocycles. The smallest absolute Gasteiger partial charge is 0.337 e. The van der Waals surface area contributed by atoms with Crippen LogP contribution in [0.3, 0.4) is 0 Å². The van der Waals surface area contributed by atoms with Gasteiger partial charge in [0.15, 0.2) is 0 Å². The average molecular weight is 331 g/mol. The summed E-state index contributed by atoms with van der Waals surface area (Å²) in [6, 6.07) is 17.8. The number of hydrogen-bond acceptors (Lipinski definition) is 4. The van der Waals surface area contributed by atoms with E-state index in [1.165, 1.54) is 0 Å². The molecule has 2 N–H and O–H groups in total. The van der Waals surface area contributed by atoms with Crippen LogP contribution in [0.1, 0.15) is 10.4 Å². The predicted molar refractivity (Wildman–Crippen MR) is 92.8 cm³/mol. The van der Waals surface area contributed by atoms with Crippen LogP contribution in [-0.4, -0.2) is 26.0 Å². The molecule has 4 rings (SSSR count). The zero-order chi connectivity index (χ0) is 17.2. The van der Waals surface area contributed by atoms with Crippen molar-refractivity contribution >= 4 is 17.0 Å². The molecule has 0 aliphatic heterocycles. The lowest BCUT2D eigenvalue weighted by molar-refractivity contribution is 0.0699. The third-order valence-corrected chi connectivity index (χ3v) is 3.73. The second kappa shape index (κ2) is 6.09. The zero-order valence-corrected chi connectivity index (χ0v) is 13.0. The second-order valence-electron chi connectivity index (χ2n) is 5.39. The molecule has 2 aromatic carbocycles. The van der Waals surface area contributed by atoms with Gasteiger partial charge in [0, 0.05) is 17.8 Å². The van der Waals surface area contributed by atoms with Crippen molar-refractivity contribution in [3.05, 3.63) is 72.4 Å². The molecule has 122 valence electrons. The van der Waals surface area contributed by atoms with Gasteiger partial charge in [-0.25, -0.2) is 14.8 Å². The Labute approximate surface area is 142 Å². The van der Waals surface area contributed by atoms with E-state index >= 15 is 0 Å². The Hall–Kier alpha value is -3.67. The number of rotatable bonds is 4. The lowest BCUT2D eigenvalue weighted by atomic mass is 10.2. The van der Waals surface area contributed by atoms with Crippen molar-refractivity contribution in [2.45, 2.75) is 0 Å². The van der Waals surface area contributed by atoms with Crippen molar-refractivity contribution in [3.8, 4) is 23.0 Å². The minimum absolute atomic E-state index is 0.176. The van der Waals surface area contributed by atoms with Gasteiger partial charge in [0.25, 0.3) is 0 Å².